The van der Waals surface area contributed by atoms with Gasteiger partial charge in [-0.2, -0.15) is 28.2 Å². The first-order chi connectivity index (χ1) is 23.5. The number of nitrogens with two attached hydrogens (primary N) is 1. The van der Waals surface area contributed by atoms with E-state index in [-0.39, 0.29) is 40.5 Å². The Hall–Kier alpha value is -4.65. The molecule has 2 fully saturated rings. The van der Waals surface area contributed by atoms with Crippen molar-refractivity contribution in [3.63, 3.8) is 0 Å². The predicted molar refractivity (Wildman–Crippen MR) is 185 cm³/mol. The zero-order valence-electron chi connectivity index (χ0n) is 29.3. The molecular formula is C37H44F3N7O3. The van der Waals surface area contributed by atoms with Crippen molar-refractivity contribution < 1.29 is 27.4 Å². The van der Waals surface area contributed by atoms with Gasteiger partial charge in [0.2, 0.25) is 17.9 Å². The molecule has 0 radical (unpaired) electrons. The molecule has 0 saturated carbocycles. The Morgan fingerprint density at radius 2 is 1.68 bits per heavy atom. The van der Waals surface area contributed by atoms with Gasteiger partial charge in [0.1, 0.15) is 17.5 Å². The Kier molecular flexibility index (Phi) is 9.31. The van der Waals surface area contributed by atoms with Crippen LogP contribution >= 0.6 is 0 Å². The molecule has 6 rings (SSSR count). The largest absolute Gasteiger partial charge is 0.459 e. The number of halogens is 3. The SMILES string of the molecule is Cc1ccn(-c2cc(-c3ccc(C)c(C)c3)ccc2[C@@H](Oc2cc(N3CCC4(CC3)CNC(C(=O)OC(C)(C)C)C4)nc(N)n2)C(F)(F)F)n1. The van der Waals surface area contributed by atoms with Gasteiger partial charge in [0.05, 0.1) is 11.4 Å². The second kappa shape index (κ2) is 13.2. The molecule has 1 unspecified atom stereocenters. The average Bonchev–Trinajstić information content (AvgIpc) is 3.66. The fourth-order valence-corrected chi connectivity index (χ4v) is 6.74. The maximum absolute atomic E-state index is 14.9. The highest BCUT2D eigenvalue weighted by Crippen LogP contribution is 2.43. The molecule has 266 valence electrons. The Labute approximate surface area is 290 Å². The van der Waals surface area contributed by atoms with Gasteiger partial charge in [0.15, 0.2) is 0 Å². The summed E-state index contributed by atoms with van der Waals surface area (Å²) in [5, 5.41) is 7.77. The lowest BCUT2D eigenvalue weighted by molar-refractivity contribution is -0.198. The molecule has 13 heteroatoms. The van der Waals surface area contributed by atoms with E-state index in [1.807, 2.05) is 57.7 Å². The molecule has 2 saturated heterocycles. The van der Waals surface area contributed by atoms with Crippen LogP contribution in [0.4, 0.5) is 24.9 Å². The second-order valence-corrected chi connectivity index (χ2v) is 14.6. The fraction of sp³-hybridized carbons (Fsp3) is 0.459. The van der Waals surface area contributed by atoms with E-state index >= 15 is 0 Å². The molecule has 4 heterocycles. The molecular weight excluding hydrogens is 647 g/mol. The number of aromatic nitrogens is 4. The molecule has 0 amide bonds. The summed E-state index contributed by atoms with van der Waals surface area (Å²) in [6.07, 6.45) is -3.39. The number of benzene rings is 2. The van der Waals surface area contributed by atoms with Crippen LogP contribution in [-0.4, -0.2) is 63.2 Å². The molecule has 10 nitrogen and oxygen atoms in total. The van der Waals surface area contributed by atoms with Crippen LogP contribution in [0.5, 0.6) is 5.88 Å². The topological polar surface area (TPSA) is 120 Å². The smallest absolute Gasteiger partial charge is 0.429 e. The Bertz CT molecular complexity index is 1880. The second-order valence-electron chi connectivity index (χ2n) is 14.6. The van der Waals surface area contributed by atoms with E-state index < -0.39 is 17.9 Å². The highest BCUT2D eigenvalue weighted by atomic mass is 19.4. The molecule has 2 aliphatic rings. The predicted octanol–water partition coefficient (Wildman–Crippen LogP) is 6.81. The molecule has 1 spiro atoms. The number of nitrogens with one attached hydrogen (secondary N) is 1. The van der Waals surface area contributed by atoms with Gasteiger partial charge < -0.3 is 25.4 Å². The van der Waals surface area contributed by atoms with Crippen LogP contribution in [0.15, 0.2) is 54.7 Å². The van der Waals surface area contributed by atoms with Crippen molar-refractivity contribution in [1.82, 2.24) is 25.1 Å². The minimum Gasteiger partial charge on any atom is -0.459 e. The van der Waals surface area contributed by atoms with E-state index in [0.717, 1.165) is 35.1 Å². The lowest BCUT2D eigenvalue weighted by Gasteiger charge is -2.39. The zero-order valence-corrected chi connectivity index (χ0v) is 29.3. The first-order valence-corrected chi connectivity index (χ1v) is 16.8. The minimum absolute atomic E-state index is 0.0952. The molecule has 0 aliphatic carbocycles. The van der Waals surface area contributed by atoms with E-state index in [0.29, 0.717) is 37.6 Å². The number of carbonyl (C=O) groups is 1. The minimum atomic E-state index is -4.81. The summed E-state index contributed by atoms with van der Waals surface area (Å²) < 4.78 is 57.6. The molecule has 2 aliphatic heterocycles. The van der Waals surface area contributed by atoms with E-state index in [1.165, 1.54) is 16.8 Å². The van der Waals surface area contributed by atoms with E-state index in [4.69, 9.17) is 15.2 Å². The first kappa shape index (κ1) is 35.2. The number of nitrogen functional groups attached to an aromatic ring is 1. The lowest BCUT2D eigenvalue weighted by Crippen LogP contribution is -2.41. The third kappa shape index (κ3) is 7.72. The highest BCUT2D eigenvalue weighted by Gasteiger charge is 2.46. The summed E-state index contributed by atoms with van der Waals surface area (Å²) in [6.45, 7) is 13.1. The number of rotatable bonds is 7. The summed E-state index contributed by atoms with van der Waals surface area (Å²) in [6, 6.07) is 13.5. The number of carbonyl (C=O) groups excluding carboxylic acids is 1. The number of aryl methyl sites for hydroxylation is 3. The molecule has 0 bridgehead atoms. The molecule has 2 atom stereocenters. The van der Waals surface area contributed by atoms with Gasteiger partial charge >= 0.3 is 12.1 Å². The van der Waals surface area contributed by atoms with E-state index in [2.05, 4.69) is 20.4 Å². The Morgan fingerprint density at radius 1 is 0.980 bits per heavy atom. The maximum Gasteiger partial charge on any atom is 0.429 e. The quantitative estimate of drug-likeness (QED) is 0.202. The van der Waals surface area contributed by atoms with Crippen molar-refractivity contribution in [3.05, 3.63) is 77.1 Å². The molecule has 50 heavy (non-hydrogen) atoms. The van der Waals surface area contributed by atoms with Crippen LogP contribution in [0.2, 0.25) is 0 Å². The number of anilines is 2. The van der Waals surface area contributed by atoms with Gasteiger partial charge in [-0.25, -0.2) is 4.68 Å². The van der Waals surface area contributed by atoms with Crippen LogP contribution in [-0.2, 0) is 9.53 Å². The van der Waals surface area contributed by atoms with Crippen LogP contribution in [0.3, 0.4) is 0 Å². The summed E-state index contributed by atoms with van der Waals surface area (Å²) in [5.41, 5.74) is 9.96. The Balaban J connectivity index is 1.25. The molecule has 3 N–H and O–H groups in total. The van der Waals surface area contributed by atoms with Crippen molar-refractivity contribution in [2.45, 2.75) is 84.7 Å². The summed E-state index contributed by atoms with van der Waals surface area (Å²) in [5.74, 6) is -0.360. The number of hydrogen-bond donors (Lipinski definition) is 2. The Morgan fingerprint density at radius 3 is 2.32 bits per heavy atom. The maximum atomic E-state index is 14.9. The lowest BCUT2D eigenvalue weighted by atomic mass is 9.76. The number of hydrogen-bond acceptors (Lipinski definition) is 9. The number of esters is 1. The van der Waals surface area contributed by atoms with Crippen LogP contribution in [0.25, 0.3) is 16.8 Å². The normalized spacial score (nSPS) is 18.3. The standard InChI is InChI=1S/C37H44F3N7O3/c1-22-7-8-25(17-23(22)2)26-9-10-27(29(18-26)47-14-11-24(3)45-47)32(37(38,39)40)49-31-19-30(43-34(41)44-31)46-15-12-36(13-16-46)20-28(42-21-36)33(48)50-35(4,5)6/h7-11,14,17-19,28,32,42H,12-13,15-16,20-21H2,1-6H3,(H2,41,43,44)/t28?,32-/m1/s1. The summed E-state index contributed by atoms with van der Waals surface area (Å²) >= 11 is 0. The van der Waals surface area contributed by atoms with Crippen molar-refractivity contribution in [2.24, 2.45) is 5.41 Å². The van der Waals surface area contributed by atoms with Gasteiger partial charge in [0, 0.05) is 37.5 Å². The summed E-state index contributed by atoms with van der Waals surface area (Å²) in [7, 11) is 0. The van der Waals surface area contributed by atoms with Gasteiger partial charge in [-0.15, -0.1) is 0 Å². The van der Waals surface area contributed by atoms with Crippen molar-refractivity contribution in [1.29, 1.82) is 0 Å². The van der Waals surface area contributed by atoms with Gasteiger partial charge in [-0.05, 0) is 101 Å². The number of alkyl halides is 3. The monoisotopic (exact) mass is 691 g/mol. The van der Waals surface area contributed by atoms with E-state index in [9.17, 15) is 18.0 Å². The van der Waals surface area contributed by atoms with Gasteiger partial charge in [-0.3, -0.25) is 4.79 Å². The number of ether oxygens (including phenoxy) is 2. The number of nitrogens with zero attached hydrogens (tertiary/aromatic N) is 5. The van der Waals surface area contributed by atoms with Gasteiger partial charge in [-0.1, -0.05) is 30.3 Å². The van der Waals surface area contributed by atoms with Crippen molar-refractivity contribution >= 4 is 17.7 Å². The van der Waals surface area contributed by atoms with Crippen molar-refractivity contribution in [2.75, 3.05) is 30.3 Å². The third-order valence-corrected chi connectivity index (χ3v) is 9.56. The third-order valence-electron chi connectivity index (χ3n) is 9.56. The van der Waals surface area contributed by atoms with Crippen LogP contribution in [0, 0.1) is 26.2 Å². The summed E-state index contributed by atoms with van der Waals surface area (Å²) in [4.78, 5) is 23.1. The first-order valence-electron chi connectivity index (χ1n) is 16.8. The molecule has 2 aromatic carbocycles. The number of piperidine rings is 1. The van der Waals surface area contributed by atoms with E-state index in [1.54, 1.807) is 31.3 Å². The van der Waals surface area contributed by atoms with Gasteiger partial charge in [0.25, 0.3) is 0 Å². The van der Waals surface area contributed by atoms with Crippen LogP contribution in [0.1, 0.15) is 68.5 Å². The molecule has 2 aromatic heterocycles. The highest BCUT2D eigenvalue weighted by molar-refractivity contribution is 5.76. The molecule has 4 aromatic rings. The van der Waals surface area contributed by atoms with Crippen molar-refractivity contribution in [3.8, 4) is 22.7 Å². The fourth-order valence-electron chi connectivity index (χ4n) is 6.74. The average molecular weight is 692 g/mol. The van der Waals surface area contributed by atoms with Crippen LogP contribution < -0.4 is 20.7 Å². The zero-order chi connectivity index (χ0) is 36.0.